The molecule has 3 rings (SSSR count). The number of halogens is 2. The van der Waals surface area contributed by atoms with Crippen LogP contribution in [-0.2, 0) is 24.7 Å². The van der Waals surface area contributed by atoms with Crippen LogP contribution in [-0.4, -0.2) is 13.1 Å². The van der Waals surface area contributed by atoms with Crippen LogP contribution in [0.3, 0.4) is 0 Å². The molecule has 0 amide bonds. The van der Waals surface area contributed by atoms with Crippen molar-refractivity contribution in [2.45, 2.75) is 33.4 Å². The minimum Gasteiger partial charge on any atom is -1.00 e. The molecule has 0 heterocycles. The molecule has 0 spiro atoms. The van der Waals surface area contributed by atoms with Crippen molar-refractivity contribution < 1.29 is 54.3 Å². The third-order valence-electron chi connectivity index (χ3n) is 4.36. The van der Waals surface area contributed by atoms with Crippen molar-refractivity contribution >= 4 is 17.2 Å². The number of hydrogen-bond acceptors (Lipinski definition) is 1. The van der Waals surface area contributed by atoms with E-state index in [4.69, 9.17) is 0 Å². The Hall–Kier alpha value is -0.180. The predicted molar refractivity (Wildman–Crippen MR) is 92.1 cm³/mol. The molecule has 0 radical (unpaired) electrons. The molecule has 0 bridgehead atoms. The largest absolute Gasteiger partial charge is 1.00 e. The first kappa shape index (κ1) is 21.9. The minimum atomic E-state index is -2.31. The van der Waals surface area contributed by atoms with Gasteiger partial charge in [-0.1, -0.05) is 0 Å². The fourth-order valence-electron chi connectivity index (χ4n) is 3.45. The van der Waals surface area contributed by atoms with Crippen LogP contribution in [0.5, 0.6) is 0 Å². The standard InChI is InChI=1S/C19H21OSi.2ClH.Zr/c1-13(2)19-15-9-6-5-8-14(15)12-17(19)16-10-7-11-18(16)21(3,4)20;;;/h5-9,11,20H,10H2,1-4H3;2*1H;/q;;;+2/p-2. The van der Waals surface area contributed by atoms with E-state index < -0.39 is 8.32 Å². The molecule has 1 nitrogen and oxygen atoms in total. The van der Waals surface area contributed by atoms with E-state index in [-0.39, 0.29) is 24.8 Å². The van der Waals surface area contributed by atoms with Crippen LogP contribution in [0.4, 0.5) is 0 Å². The summed E-state index contributed by atoms with van der Waals surface area (Å²) in [7, 11) is -2.31. The first-order valence-corrected chi connectivity index (χ1v) is 11.9. The maximum absolute atomic E-state index is 10.7. The van der Waals surface area contributed by atoms with Crippen LogP contribution in [0.15, 0.2) is 58.3 Å². The number of allylic oxidation sites excluding steroid dienone is 7. The summed E-state index contributed by atoms with van der Waals surface area (Å²) >= 11 is 1.45. The zero-order chi connectivity index (χ0) is 16.1. The van der Waals surface area contributed by atoms with Gasteiger partial charge in [-0.15, -0.1) is 0 Å². The van der Waals surface area contributed by atoms with Crippen LogP contribution in [0.2, 0.25) is 13.1 Å². The number of benzene rings is 1. The van der Waals surface area contributed by atoms with E-state index in [0.717, 1.165) is 6.42 Å². The molecule has 0 aromatic heterocycles. The van der Waals surface area contributed by atoms with Crippen LogP contribution >= 0.6 is 0 Å². The average Bonchev–Trinajstić information content (AvgIpc) is 3.01. The second-order valence-electron chi connectivity index (χ2n) is 6.73. The maximum atomic E-state index is 10.7. The number of rotatable bonds is 2. The molecule has 1 aromatic rings. The van der Waals surface area contributed by atoms with Gasteiger partial charge in [0, 0.05) is 0 Å². The molecule has 1 aromatic carbocycles. The van der Waals surface area contributed by atoms with Crippen molar-refractivity contribution in [2.24, 2.45) is 0 Å². The molecular weight excluding hydrogens is 434 g/mol. The SMILES string of the molecule is CC(C)=C1C(C2=C([Si](C)(C)O)C=CC2)=[C]([Zr+2])c2ccccc21.[Cl-].[Cl-]. The van der Waals surface area contributed by atoms with Gasteiger partial charge >= 0.3 is 150 Å². The third-order valence-corrected chi connectivity index (χ3v) is 7.42. The molecule has 1 N–H and O–H groups in total. The minimum absolute atomic E-state index is 0. The smallest absolute Gasteiger partial charge is 1.00 e. The molecule has 2 aliphatic rings. The van der Waals surface area contributed by atoms with E-state index in [1.54, 1.807) is 0 Å². The Morgan fingerprint density at radius 3 is 2.21 bits per heavy atom. The van der Waals surface area contributed by atoms with E-state index in [1.807, 2.05) is 13.1 Å². The monoisotopic (exact) mass is 453 g/mol. The van der Waals surface area contributed by atoms with Gasteiger partial charge < -0.3 is 24.8 Å². The summed E-state index contributed by atoms with van der Waals surface area (Å²) in [5.74, 6) is 0. The molecular formula is C19H21Cl2OSiZr. The van der Waals surface area contributed by atoms with Gasteiger partial charge in [-0.05, 0) is 0 Å². The van der Waals surface area contributed by atoms with Gasteiger partial charge in [0.25, 0.3) is 0 Å². The molecule has 0 saturated carbocycles. The van der Waals surface area contributed by atoms with Crippen LogP contribution < -0.4 is 24.8 Å². The molecule has 5 heteroatoms. The number of hydrogen-bond donors (Lipinski definition) is 1. The van der Waals surface area contributed by atoms with E-state index in [1.165, 1.54) is 66.6 Å². The molecule has 0 atom stereocenters. The molecule has 0 saturated heterocycles. The van der Waals surface area contributed by atoms with E-state index >= 15 is 0 Å². The molecule has 2 aliphatic carbocycles. The second kappa shape index (κ2) is 8.01. The summed E-state index contributed by atoms with van der Waals surface area (Å²) in [6.07, 6.45) is 5.31. The Bertz CT molecular complexity index is 779. The van der Waals surface area contributed by atoms with E-state index in [0.29, 0.717) is 0 Å². The summed E-state index contributed by atoms with van der Waals surface area (Å²) in [5, 5.41) is 1.20. The first-order valence-electron chi connectivity index (χ1n) is 7.68. The van der Waals surface area contributed by atoms with Crippen molar-refractivity contribution in [3.8, 4) is 0 Å². The fourth-order valence-corrected chi connectivity index (χ4v) is 6.15. The maximum Gasteiger partial charge on any atom is -1.00 e. The van der Waals surface area contributed by atoms with Crippen LogP contribution in [0.1, 0.15) is 31.4 Å². The van der Waals surface area contributed by atoms with Gasteiger partial charge in [-0.3, -0.25) is 0 Å². The molecule has 0 unspecified atom stereocenters. The van der Waals surface area contributed by atoms with Crippen molar-refractivity contribution in [1.82, 2.24) is 0 Å². The Morgan fingerprint density at radius 1 is 1.08 bits per heavy atom. The summed E-state index contributed by atoms with van der Waals surface area (Å²) in [5.41, 5.74) is 8.24. The normalized spacial score (nSPS) is 16.2. The first-order chi connectivity index (χ1) is 10.3. The zero-order valence-corrected chi connectivity index (χ0v) is 19.3. The van der Waals surface area contributed by atoms with Crippen LogP contribution in [0.25, 0.3) is 8.85 Å². The Balaban J connectivity index is 0.00000144. The molecule has 125 valence electrons. The van der Waals surface area contributed by atoms with Gasteiger partial charge in [-0.25, -0.2) is 0 Å². The van der Waals surface area contributed by atoms with Crippen molar-refractivity contribution in [1.29, 1.82) is 0 Å². The van der Waals surface area contributed by atoms with Crippen molar-refractivity contribution in [3.63, 3.8) is 0 Å². The summed E-state index contributed by atoms with van der Waals surface area (Å²) in [6, 6.07) is 8.72. The van der Waals surface area contributed by atoms with Gasteiger partial charge in [0.15, 0.2) is 0 Å². The summed E-state index contributed by atoms with van der Waals surface area (Å²) < 4.78 is 1.44. The fraction of sp³-hybridized carbons (Fsp3) is 0.263. The van der Waals surface area contributed by atoms with Crippen LogP contribution in [0, 0.1) is 0 Å². The predicted octanol–water partition coefficient (Wildman–Crippen LogP) is -1.25. The third kappa shape index (κ3) is 3.66. The van der Waals surface area contributed by atoms with Gasteiger partial charge in [-0.2, -0.15) is 0 Å². The zero-order valence-electron chi connectivity index (χ0n) is 14.4. The van der Waals surface area contributed by atoms with Crippen molar-refractivity contribution in [2.75, 3.05) is 0 Å². The summed E-state index contributed by atoms with van der Waals surface area (Å²) in [4.78, 5) is 10.7. The Labute approximate surface area is 173 Å². The van der Waals surface area contributed by atoms with E-state index in [9.17, 15) is 4.80 Å². The quantitative estimate of drug-likeness (QED) is 0.553. The van der Waals surface area contributed by atoms with Crippen molar-refractivity contribution in [3.05, 3.63) is 69.5 Å². The Kier molecular flexibility index (Phi) is 7.30. The number of fused-ring (bicyclic) bond motifs is 1. The van der Waals surface area contributed by atoms with E-state index in [2.05, 4.69) is 50.3 Å². The van der Waals surface area contributed by atoms with Gasteiger partial charge in [0.05, 0.1) is 0 Å². The second-order valence-corrected chi connectivity index (χ2v) is 11.6. The molecule has 24 heavy (non-hydrogen) atoms. The summed E-state index contributed by atoms with van der Waals surface area (Å²) in [6.45, 7) is 8.44. The molecule has 0 aliphatic heterocycles. The molecule has 0 fully saturated rings. The van der Waals surface area contributed by atoms with Gasteiger partial charge in [0.2, 0.25) is 0 Å². The average molecular weight is 456 g/mol. The van der Waals surface area contributed by atoms with Gasteiger partial charge in [0.1, 0.15) is 0 Å². The Morgan fingerprint density at radius 2 is 1.67 bits per heavy atom. The topological polar surface area (TPSA) is 20.2 Å².